The molecule has 2 aromatic rings. The first-order chi connectivity index (χ1) is 9.58. The lowest BCUT2D eigenvalue weighted by molar-refractivity contribution is 0.0955. The highest BCUT2D eigenvalue weighted by Gasteiger charge is 2.10. The number of hydrogen-bond donors (Lipinski definition) is 1. The number of hydrogen-bond acceptors (Lipinski definition) is 3. The summed E-state index contributed by atoms with van der Waals surface area (Å²) < 4.78 is 0. The molecule has 0 saturated carbocycles. The number of amides is 1. The molecule has 6 heteroatoms. The van der Waals surface area contributed by atoms with Crippen LogP contribution in [0.5, 0.6) is 0 Å². The van der Waals surface area contributed by atoms with E-state index in [1.165, 1.54) is 6.07 Å². The molecule has 2 rings (SSSR count). The molecule has 0 bridgehead atoms. The van der Waals surface area contributed by atoms with E-state index in [-0.39, 0.29) is 5.02 Å². The van der Waals surface area contributed by atoms with E-state index in [2.05, 4.69) is 15.5 Å². The second-order valence-electron chi connectivity index (χ2n) is 4.00. The van der Waals surface area contributed by atoms with Crippen molar-refractivity contribution in [1.29, 1.82) is 0 Å². The minimum atomic E-state index is -0.394. The molecule has 0 unspecified atom stereocenters. The van der Waals surface area contributed by atoms with E-state index in [4.69, 9.17) is 23.2 Å². The van der Waals surface area contributed by atoms with Crippen LogP contribution in [0.4, 0.5) is 0 Å². The van der Waals surface area contributed by atoms with Crippen LogP contribution in [0.15, 0.2) is 47.8 Å². The van der Waals surface area contributed by atoms with E-state index >= 15 is 0 Å². The monoisotopic (exact) mass is 307 g/mol. The van der Waals surface area contributed by atoms with Gasteiger partial charge in [0.25, 0.3) is 5.91 Å². The van der Waals surface area contributed by atoms with Crippen molar-refractivity contribution in [1.82, 2.24) is 10.4 Å². The number of hydrazone groups is 1. The predicted molar refractivity (Wildman–Crippen MR) is 80.4 cm³/mol. The van der Waals surface area contributed by atoms with Crippen LogP contribution < -0.4 is 5.43 Å². The van der Waals surface area contributed by atoms with E-state index < -0.39 is 5.91 Å². The second-order valence-corrected chi connectivity index (χ2v) is 4.85. The van der Waals surface area contributed by atoms with E-state index in [9.17, 15) is 4.79 Å². The minimum absolute atomic E-state index is 0.282. The molecular formula is C14H11Cl2N3O. The van der Waals surface area contributed by atoms with Gasteiger partial charge in [-0.1, -0.05) is 29.3 Å². The number of nitrogens with zero attached hydrogens (tertiary/aromatic N) is 2. The van der Waals surface area contributed by atoms with Crippen molar-refractivity contribution in [2.24, 2.45) is 5.10 Å². The Morgan fingerprint density at radius 2 is 2.10 bits per heavy atom. The average molecular weight is 308 g/mol. The number of nitrogens with one attached hydrogen (secondary N) is 1. The van der Waals surface area contributed by atoms with Gasteiger partial charge in [0.1, 0.15) is 0 Å². The summed E-state index contributed by atoms with van der Waals surface area (Å²) in [6.07, 6.45) is 3.34. The number of carbonyl (C=O) groups is 1. The zero-order chi connectivity index (χ0) is 14.5. The van der Waals surface area contributed by atoms with E-state index in [0.29, 0.717) is 16.3 Å². The number of aromatic nitrogens is 1. The largest absolute Gasteiger partial charge is 0.272 e. The molecule has 1 amide bonds. The lowest BCUT2D eigenvalue weighted by Gasteiger charge is -2.04. The molecule has 0 saturated heterocycles. The highest BCUT2D eigenvalue weighted by atomic mass is 35.5. The number of carbonyl (C=O) groups excluding carboxylic acids is 1. The third-order valence-electron chi connectivity index (χ3n) is 2.58. The predicted octanol–water partition coefficient (Wildman–Crippen LogP) is 3.54. The van der Waals surface area contributed by atoms with Gasteiger partial charge in [0.2, 0.25) is 0 Å². The van der Waals surface area contributed by atoms with Crippen LogP contribution in [0.25, 0.3) is 0 Å². The van der Waals surface area contributed by atoms with Gasteiger partial charge in [0, 0.05) is 23.0 Å². The minimum Gasteiger partial charge on any atom is -0.267 e. The van der Waals surface area contributed by atoms with Gasteiger partial charge in [-0.2, -0.15) is 5.10 Å². The molecule has 0 spiro atoms. The molecule has 1 heterocycles. The first kappa shape index (κ1) is 14.5. The molecule has 1 aromatic carbocycles. The summed E-state index contributed by atoms with van der Waals surface area (Å²) in [6, 6.07) is 8.31. The molecule has 0 fully saturated rings. The molecule has 1 aromatic heterocycles. The summed E-state index contributed by atoms with van der Waals surface area (Å²) in [5, 5.41) is 4.78. The van der Waals surface area contributed by atoms with Gasteiger partial charge in [-0.3, -0.25) is 9.78 Å². The van der Waals surface area contributed by atoms with Crippen LogP contribution in [0, 0.1) is 0 Å². The van der Waals surface area contributed by atoms with Gasteiger partial charge >= 0.3 is 0 Å². The number of benzene rings is 1. The van der Waals surface area contributed by atoms with Crippen LogP contribution in [0.1, 0.15) is 22.8 Å². The summed E-state index contributed by atoms with van der Waals surface area (Å²) in [4.78, 5) is 15.9. The topological polar surface area (TPSA) is 54.4 Å². The normalized spacial score (nSPS) is 11.2. The Labute approximate surface area is 126 Å². The number of rotatable bonds is 3. The summed E-state index contributed by atoms with van der Waals surface area (Å²) >= 11 is 11.7. The highest BCUT2D eigenvalue weighted by Crippen LogP contribution is 2.20. The third kappa shape index (κ3) is 3.56. The van der Waals surface area contributed by atoms with E-state index in [1.54, 1.807) is 37.5 Å². The standard InChI is InChI=1S/C14H11Cl2N3O/c1-9(10-3-2-6-17-8-10)18-19-14(20)12-5-4-11(15)7-13(12)16/h2-8H,1H3,(H,19,20)/b18-9+. The molecule has 0 aliphatic heterocycles. The summed E-state index contributed by atoms with van der Waals surface area (Å²) in [7, 11) is 0. The lowest BCUT2D eigenvalue weighted by atomic mass is 10.2. The van der Waals surface area contributed by atoms with Crippen molar-refractivity contribution in [2.45, 2.75) is 6.92 Å². The Hall–Kier alpha value is -1.91. The fourth-order valence-electron chi connectivity index (χ4n) is 1.51. The maximum absolute atomic E-state index is 12.0. The highest BCUT2D eigenvalue weighted by molar-refractivity contribution is 6.36. The molecule has 0 aliphatic rings. The maximum Gasteiger partial charge on any atom is 0.272 e. The smallest absolute Gasteiger partial charge is 0.267 e. The quantitative estimate of drug-likeness (QED) is 0.696. The van der Waals surface area contributed by atoms with Crippen molar-refractivity contribution in [3.63, 3.8) is 0 Å². The fraction of sp³-hybridized carbons (Fsp3) is 0.0714. The van der Waals surface area contributed by atoms with Crippen molar-refractivity contribution >= 4 is 34.8 Å². The Bertz CT molecular complexity index is 657. The molecule has 0 atom stereocenters. The zero-order valence-corrected chi connectivity index (χ0v) is 12.1. The summed E-state index contributed by atoms with van der Waals surface area (Å²) in [5.41, 5.74) is 4.25. The molecule has 1 N–H and O–H groups in total. The van der Waals surface area contributed by atoms with Crippen LogP contribution in [0.3, 0.4) is 0 Å². The van der Waals surface area contributed by atoms with Gasteiger partial charge in [0.15, 0.2) is 0 Å². The summed E-state index contributed by atoms with van der Waals surface area (Å²) in [5.74, 6) is -0.394. The molecule has 0 aliphatic carbocycles. The first-order valence-corrected chi connectivity index (χ1v) is 6.53. The molecule has 102 valence electrons. The van der Waals surface area contributed by atoms with Gasteiger partial charge in [-0.25, -0.2) is 5.43 Å². The Morgan fingerprint density at radius 1 is 1.30 bits per heavy atom. The molecular weight excluding hydrogens is 297 g/mol. The van der Waals surface area contributed by atoms with Gasteiger partial charge in [-0.15, -0.1) is 0 Å². The summed E-state index contributed by atoms with van der Waals surface area (Å²) in [6.45, 7) is 1.78. The first-order valence-electron chi connectivity index (χ1n) is 5.78. The van der Waals surface area contributed by atoms with E-state index in [0.717, 1.165) is 5.56 Å². The van der Waals surface area contributed by atoms with Gasteiger partial charge in [-0.05, 0) is 31.2 Å². The van der Waals surface area contributed by atoms with Crippen molar-refractivity contribution < 1.29 is 4.79 Å². The Balaban J connectivity index is 2.12. The van der Waals surface area contributed by atoms with Crippen LogP contribution in [-0.2, 0) is 0 Å². The van der Waals surface area contributed by atoms with Crippen molar-refractivity contribution in [2.75, 3.05) is 0 Å². The van der Waals surface area contributed by atoms with Crippen molar-refractivity contribution in [3.8, 4) is 0 Å². The SMILES string of the molecule is C/C(=N\NC(=O)c1ccc(Cl)cc1Cl)c1cccnc1. The van der Waals surface area contributed by atoms with Crippen LogP contribution in [-0.4, -0.2) is 16.6 Å². The average Bonchev–Trinajstić information content (AvgIpc) is 2.45. The van der Waals surface area contributed by atoms with Gasteiger partial charge < -0.3 is 0 Å². The number of halogens is 2. The van der Waals surface area contributed by atoms with Crippen molar-refractivity contribution in [3.05, 3.63) is 63.9 Å². The molecule has 20 heavy (non-hydrogen) atoms. The van der Waals surface area contributed by atoms with Gasteiger partial charge in [0.05, 0.1) is 16.3 Å². The molecule has 0 radical (unpaired) electrons. The fourth-order valence-corrected chi connectivity index (χ4v) is 2.00. The van der Waals surface area contributed by atoms with E-state index in [1.807, 2.05) is 6.07 Å². The zero-order valence-electron chi connectivity index (χ0n) is 10.6. The maximum atomic E-state index is 12.0. The number of pyridine rings is 1. The third-order valence-corrected chi connectivity index (χ3v) is 3.13. The van der Waals surface area contributed by atoms with Crippen LogP contribution >= 0.6 is 23.2 Å². The molecule has 4 nitrogen and oxygen atoms in total. The Kier molecular flexibility index (Phi) is 4.71. The Morgan fingerprint density at radius 3 is 2.75 bits per heavy atom. The lowest BCUT2D eigenvalue weighted by Crippen LogP contribution is -2.19. The second kappa shape index (κ2) is 6.50. The van der Waals surface area contributed by atoms with Crippen LogP contribution in [0.2, 0.25) is 10.0 Å².